The number of carbonyl (C=O) groups is 1. The Morgan fingerprint density at radius 1 is 0.919 bits per heavy atom. The lowest BCUT2D eigenvalue weighted by Gasteiger charge is -2.51. The summed E-state index contributed by atoms with van der Waals surface area (Å²) in [7, 11) is 3.23. The van der Waals surface area contributed by atoms with Crippen LogP contribution in [0.5, 0.6) is 0 Å². The van der Waals surface area contributed by atoms with Gasteiger partial charge in [-0.25, -0.2) is 0 Å². The van der Waals surface area contributed by atoms with E-state index in [4.69, 9.17) is 47.4 Å². The van der Waals surface area contributed by atoms with Crippen molar-refractivity contribution in [2.75, 3.05) is 20.8 Å². The van der Waals surface area contributed by atoms with E-state index < -0.39 is 90.8 Å². The maximum atomic E-state index is 14.4. The van der Waals surface area contributed by atoms with Crippen molar-refractivity contribution >= 4 is 5.97 Å². The third-order valence-electron chi connectivity index (χ3n) is 14.9. The molecule has 0 radical (unpaired) electrons. The molecule has 62 heavy (non-hydrogen) atoms. The number of aliphatic hydroxyl groups excluding tert-OH is 2. The highest BCUT2D eigenvalue weighted by molar-refractivity contribution is 5.78. The molecule has 20 atom stereocenters. The van der Waals surface area contributed by atoms with Crippen molar-refractivity contribution in [2.45, 2.75) is 204 Å². The first-order valence-electron chi connectivity index (χ1n) is 23.2. The molecule has 0 amide bonds. The quantitative estimate of drug-likeness (QED) is 0.204. The second-order valence-electron chi connectivity index (χ2n) is 19.4. The number of methoxy groups -OCH3 is 2. The van der Waals surface area contributed by atoms with Gasteiger partial charge in [0.2, 0.25) is 0 Å². The van der Waals surface area contributed by atoms with Crippen molar-refractivity contribution in [1.82, 2.24) is 0 Å². The minimum atomic E-state index is -1.82. The van der Waals surface area contributed by atoms with Gasteiger partial charge in [-0.2, -0.15) is 0 Å². The maximum Gasteiger partial charge on any atom is 0.316 e. The van der Waals surface area contributed by atoms with E-state index in [1.807, 2.05) is 19.1 Å². The first-order valence-corrected chi connectivity index (χ1v) is 23.2. The standard InChI is InChI=1S/C48H74O14/c1-11-25(2)43-28(5)17-18-47(62-43)23-34-20-33(61-47)16-15-27(4)42(26(3)13-12-14-32-24-55-45-40(49)29(6)19-35(46(51)58-34)48(32,45)52)59-39-22-37(54-10)44(31(8)57-39)60-38-21-36(53-9)41(50)30(7)56-38/h12-15,19,25-26,28,30-31,33-45,49-50,52H,11,16-18,20-24H2,1-10H3/b13-12+,27-15+,32-14+/t25-,26-,28-,30-,31-,33+,34-,35-,36-,37-,38-,39-,40+,41-,42-,43+,44+,45+,47+,48+/m0/s1. The SMILES string of the molecule is CC[C@H](C)[C@H]1O[C@]2(CC[C@@H]1C)C[C@@H]1C[C@@H](C/C=C(\C)[C@@H](O[C@H]3C[C@H](OC)[C@H](O[C@H]4C[C@H](OC)[C@@H](O)[C@H](C)O4)[C@H](C)O3)[C@@H](C)/C=C/C=C3\CO[C@@H]4[C@H](O)C(C)=C[C@@H](C(=O)O1)[C@]34O)O2. The van der Waals surface area contributed by atoms with Gasteiger partial charge in [-0.3, -0.25) is 4.79 Å². The molecule has 3 N–H and O–H groups in total. The Hall–Kier alpha value is -2.05. The minimum Gasteiger partial charge on any atom is -0.462 e. The molecule has 0 aromatic carbocycles. The smallest absolute Gasteiger partial charge is 0.316 e. The summed E-state index contributed by atoms with van der Waals surface area (Å²) in [6, 6.07) is 0. The average molecular weight is 875 g/mol. The summed E-state index contributed by atoms with van der Waals surface area (Å²) >= 11 is 0. The van der Waals surface area contributed by atoms with Crippen molar-refractivity contribution < 1.29 is 67.5 Å². The van der Waals surface area contributed by atoms with Crippen molar-refractivity contribution in [3.05, 3.63) is 47.1 Å². The monoisotopic (exact) mass is 875 g/mol. The lowest BCUT2D eigenvalue weighted by Crippen LogP contribution is -2.58. The zero-order chi connectivity index (χ0) is 44.7. The van der Waals surface area contributed by atoms with E-state index in [2.05, 4.69) is 40.7 Å². The van der Waals surface area contributed by atoms with Crippen molar-refractivity contribution in [2.24, 2.45) is 23.7 Å². The lowest BCUT2D eigenvalue weighted by molar-refractivity contribution is -0.340. The summed E-state index contributed by atoms with van der Waals surface area (Å²) in [6.45, 7) is 16.3. The van der Waals surface area contributed by atoms with Gasteiger partial charge < -0.3 is 62.7 Å². The molecule has 14 heteroatoms. The van der Waals surface area contributed by atoms with Crippen LogP contribution in [0, 0.1) is 23.7 Å². The van der Waals surface area contributed by atoms with Crippen LogP contribution in [0.1, 0.15) is 107 Å². The molecule has 0 unspecified atom stereocenters. The molecule has 0 aromatic rings. The van der Waals surface area contributed by atoms with Gasteiger partial charge in [0, 0.05) is 52.2 Å². The number of hydrogen-bond donors (Lipinski definition) is 3. The number of fused-ring (bicyclic) bond motifs is 2. The fourth-order valence-corrected chi connectivity index (χ4v) is 11.0. The van der Waals surface area contributed by atoms with Crippen molar-refractivity contribution in [3.63, 3.8) is 0 Å². The normalized spacial score (nSPS) is 49.4. The van der Waals surface area contributed by atoms with Crippen LogP contribution in [-0.4, -0.2) is 139 Å². The van der Waals surface area contributed by atoms with Crippen LogP contribution in [0.15, 0.2) is 47.1 Å². The molecule has 6 heterocycles. The summed E-state index contributed by atoms with van der Waals surface area (Å²) in [5.41, 5.74) is 0.188. The predicted molar refractivity (Wildman–Crippen MR) is 227 cm³/mol. The van der Waals surface area contributed by atoms with E-state index in [-0.39, 0.29) is 30.8 Å². The summed E-state index contributed by atoms with van der Waals surface area (Å²) in [5.74, 6) is -2.10. The highest BCUT2D eigenvalue weighted by atomic mass is 16.7. The molecule has 5 fully saturated rings. The van der Waals surface area contributed by atoms with E-state index in [1.165, 1.54) is 0 Å². The fraction of sp³-hybridized carbons (Fsp3) is 0.812. The average Bonchev–Trinajstić information content (AvgIpc) is 3.58. The molecular weight excluding hydrogens is 801 g/mol. The van der Waals surface area contributed by atoms with Crippen LogP contribution in [0.3, 0.4) is 0 Å². The number of aliphatic hydroxyl groups is 3. The number of carbonyl (C=O) groups excluding carboxylic acids is 1. The molecule has 350 valence electrons. The van der Waals surface area contributed by atoms with Gasteiger partial charge >= 0.3 is 5.97 Å². The van der Waals surface area contributed by atoms with Gasteiger partial charge in [-0.1, -0.05) is 64.5 Å². The summed E-state index contributed by atoms with van der Waals surface area (Å²) < 4.78 is 63.9. The Morgan fingerprint density at radius 3 is 2.35 bits per heavy atom. The van der Waals surface area contributed by atoms with Gasteiger partial charge in [-0.05, 0) is 69.1 Å². The summed E-state index contributed by atoms with van der Waals surface area (Å²) in [4.78, 5) is 14.4. The topological polar surface area (TPSA) is 170 Å². The van der Waals surface area contributed by atoms with E-state index in [1.54, 1.807) is 40.2 Å². The number of rotatable bonds is 8. The molecular formula is C48H74O14. The molecule has 2 bridgehead atoms. The van der Waals surface area contributed by atoms with Crippen LogP contribution < -0.4 is 0 Å². The van der Waals surface area contributed by atoms with Gasteiger partial charge in [0.25, 0.3) is 0 Å². The lowest BCUT2D eigenvalue weighted by atomic mass is 9.71. The highest BCUT2D eigenvalue weighted by Crippen LogP contribution is 2.48. The highest BCUT2D eigenvalue weighted by Gasteiger charge is 2.60. The van der Waals surface area contributed by atoms with Crippen LogP contribution in [0.2, 0.25) is 0 Å². The van der Waals surface area contributed by atoms with E-state index >= 15 is 0 Å². The van der Waals surface area contributed by atoms with E-state index in [0.717, 1.165) is 18.4 Å². The first kappa shape index (κ1) is 47.9. The van der Waals surface area contributed by atoms with Gasteiger partial charge in [0.1, 0.15) is 42.0 Å². The maximum absolute atomic E-state index is 14.4. The van der Waals surface area contributed by atoms with Crippen LogP contribution in [-0.2, 0) is 52.2 Å². The Balaban J connectivity index is 1.18. The van der Waals surface area contributed by atoms with E-state index in [0.29, 0.717) is 61.5 Å². The van der Waals surface area contributed by atoms with Crippen LogP contribution >= 0.6 is 0 Å². The minimum absolute atomic E-state index is 0.00708. The fourth-order valence-electron chi connectivity index (χ4n) is 11.0. The zero-order valence-corrected chi connectivity index (χ0v) is 38.5. The van der Waals surface area contributed by atoms with Crippen molar-refractivity contribution in [1.29, 1.82) is 0 Å². The van der Waals surface area contributed by atoms with Crippen LogP contribution in [0.25, 0.3) is 0 Å². The van der Waals surface area contributed by atoms with Gasteiger partial charge in [-0.15, -0.1) is 0 Å². The molecule has 7 aliphatic rings. The molecule has 6 aliphatic heterocycles. The second-order valence-corrected chi connectivity index (χ2v) is 19.4. The van der Waals surface area contributed by atoms with Gasteiger partial charge in [0.05, 0.1) is 49.3 Å². The molecule has 14 nitrogen and oxygen atoms in total. The molecule has 0 aromatic heterocycles. The second kappa shape index (κ2) is 19.8. The zero-order valence-electron chi connectivity index (χ0n) is 38.5. The molecule has 5 saturated heterocycles. The number of hydrogen-bond acceptors (Lipinski definition) is 14. The Morgan fingerprint density at radius 2 is 1.63 bits per heavy atom. The Bertz CT molecular complexity index is 1680. The third kappa shape index (κ3) is 9.73. The third-order valence-corrected chi connectivity index (χ3v) is 14.9. The van der Waals surface area contributed by atoms with Crippen molar-refractivity contribution in [3.8, 4) is 0 Å². The van der Waals surface area contributed by atoms with E-state index in [9.17, 15) is 20.1 Å². The molecule has 7 rings (SSSR count). The molecule has 1 spiro atoms. The first-order chi connectivity index (χ1) is 29.5. The van der Waals surface area contributed by atoms with Crippen LogP contribution in [0.4, 0.5) is 0 Å². The number of allylic oxidation sites excluding steroid dienone is 2. The van der Waals surface area contributed by atoms with Gasteiger partial charge in [0.15, 0.2) is 18.4 Å². The predicted octanol–water partition coefficient (Wildman–Crippen LogP) is 5.60. The molecule has 1 aliphatic carbocycles. The number of ether oxygens (including phenoxy) is 10. The largest absolute Gasteiger partial charge is 0.462 e. The Labute approximate surface area is 368 Å². The summed E-state index contributed by atoms with van der Waals surface area (Å²) in [5, 5.41) is 34.2. The summed E-state index contributed by atoms with van der Waals surface area (Å²) in [6.07, 6.45) is 6.53. The number of esters is 1. The molecule has 0 saturated carbocycles. The Kier molecular flexibility index (Phi) is 15.3.